The van der Waals surface area contributed by atoms with Crippen LogP contribution in [0.4, 0.5) is 0 Å². The molecule has 3 aromatic carbocycles. The van der Waals surface area contributed by atoms with Crippen LogP contribution in [0.15, 0.2) is 76.8 Å². The van der Waals surface area contributed by atoms with Gasteiger partial charge in [0.1, 0.15) is 23.9 Å². The van der Waals surface area contributed by atoms with Crippen molar-refractivity contribution in [3.05, 3.63) is 99.4 Å². The number of nitrogens with one attached hydrogen (secondary N) is 1. The molecule has 0 unspecified atom stereocenters. The van der Waals surface area contributed by atoms with Gasteiger partial charge in [-0.3, -0.25) is 4.79 Å². The molecule has 0 bridgehead atoms. The predicted molar refractivity (Wildman–Crippen MR) is 158 cm³/mol. The number of methoxy groups -OCH3 is 2. The molecule has 0 fully saturated rings. The van der Waals surface area contributed by atoms with Crippen molar-refractivity contribution in [2.24, 2.45) is 10.1 Å². The Hall–Kier alpha value is -4.73. The molecule has 42 heavy (non-hydrogen) atoms. The highest BCUT2D eigenvalue weighted by Crippen LogP contribution is 2.30. The molecule has 11 nitrogen and oxygen atoms in total. The summed E-state index contributed by atoms with van der Waals surface area (Å²) in [6, 6.07) is 20.3. The van der Waals surface area contributed by atoms with Crippen LogP contribution in [0.2, 0.25) is 0 Å². The fourth-order valence-electron chi connectivity index (χ4n) is 4.69. The molecule has 1 heterocycles. The van der Waals surface area contributed by atoms with E-state index < -0.39 is 5.54 Å². The molecule has 1 amide bonds. The zero-order chi connectivity index (χ0) is 29.8. The van der Waals surface area contributed by atoms with Gasteiger partial charge in [0.05, 0.1) is 27.4 Å². The maximum atomic E-state index is 13.9. The van der Waals surface area contributed by atoms with Crippen molar-refractivity contribution in [3.8, 4) is 17.2 Å². The Morgan fingerprint density at radius 1 is 1.07 bits per heavy atom. The van der Waals surface area contributed by atoms with E-state index in [9.17, 15) is 4.79 Å². The Bertz CT molecular complexity index is 1440. The number of aliphatic hydroxyl groups excluding tert-OH is 1. The van der Waals surface area contributed by atoms with E-state index in [1.165, 1.54) is 0 Å². The van der Waals surface area contributed by atoms with Gasteiger partial charge in [-0.2, -0.15) is 0 Å². The normalized spacial score (nSPS) is 15.6. The van der Waals surface area contributed by atoms with E-state index in [-0.39, 0.29) is 32.1 Å². The number of aliphatic imine (C=N–C) groups is 1. The van der Waals surface area contributed by atoms with Crippen LogP contribution in [0, 0.1) is 0 Å². The van der Waals surface area contributed by atoms with Crippen LogP contribution in [0.5, 0.6) is 17.2 Å². The molecule has 0 saturated heterocycles. The number of carbonyl (C=O) groups excluding carboxylic acids is 1. The first-order valence-electron chi connectivity index (χ1n) is 13.7. The molecule has 0 saturated carbocycles. The lowest BCUT2D eigenvalue weighted by Gasteiger charge is -2.24. The van der Waals surface area contributed by atoms with Crippen LogP contribution in [0.3, 0.4) is 0 Å². The number of ether oxygens (including phenoxy) is 4. The summed E-state index contributed by atoms with van der Waals surface area (Å²) in [7, 11) is 3.21. The first-order valence-corrected chi connectivity index (χ1v) is 13.7. The van der Waals surface area contributed by atoms with E-state index in [1.54, 1.807) is 26.4 Å². The lowest BCUT2D eigenvalue weighted by Crippen LogP contribution is -2.49. The fourth-order valence-corrected chi connectivity index (χ4v) is 4.69. The SMILES string of the molecule is COc1ccc(OC)c(CCNC(=O)[C@@]2(Cc3ccccc3CN=[N+]=[N-])COC(c3ccc(OCCCO)cc3)=N2)c1. The standard InChI is InChI=1S/C31H35N5O6/c1-39-27-12-13-28(40-2)23(18-27)14-15-33-30(38)31(19-24-6-3-4-7-25(24)20-34-36-32)21-42-29(35-31)22-8-10-26(11-9-22)41-17-5-16-37/h3-4,6-13,18,37H,5,14-17,19-21H2,1-2H3,(H,33,38)/t31-/m1/s1. The predicted octanol–water partition coefficient (Wildman–Crippen LogP) is 4.39. The molecule has 3 aromatic rings. The Morgan fingerprint density at radius 2 is 1.83 bits per heavy atom. The average molecular weight is 574 g/mol. The third kappa shape index (κ3) is 7.51. The van der Waals surface area contributed by atoms with Crippen molar-refractivity contribution in [2.75, 3.05) is 40.6 Å². The average Bonchev–Trinajstić information content (AvgIpc) is 3.46. The maximum Gasteiger partial charge on any atom is 0.251 e. The number of carbonyl (C=O) groups is 1. The Labute approximate surface area is 244 Å². The summed E-state index contributed by atoms with van der Waals surface area (Å²) >= 11 is 0. The van der Waals surface area contributed by atoms with Gasteiger partial charge in [-0.05, 0) is 71.1 Å². The van der Waals surface area contributed by atoms with Gasteiger partial charge in [0.15, 0.2) is 5.54 Å². The zero-order valence-electron chi connectivity index (χ0n) is 23.8. The quantitative estimate of drug-likeness (QED) is 0.119. The van der Waals surface area contributed by atoms with E-state index in [4.69, 9.17) is 34.6 Å². The van der Waals surface area contributed by atoms with Gasteiger partial charge < -0.3 is 29.4 Å². The minimum absolute atomic E-state index is 0.0429. The fraction of sp³-hybridized carbons (Fsp3) is 0.355. The molecule has 220 valence electrons. The first kappa shape index (κ1) is 30.2. The second-order valence-electron chi connectivity index (χ2n) is 9.71. The number of azide groups is 1. The molecule has 11 heteroatoms. The third-order valence-corrected chi connectivity index (χ3v) is 6.93. The molecule has 0 radical (unpaired) electrons. The topological polar surface area (TPSA) is 147 Å². The summed E-state index contributed by atoms with van der Waals surface area (Å²) < 4.78 is 22.5. The van der Waals surface area contributed by atoms with Crippen molar-refractivity contribution in [3.63, 3.8) is 0 Å². The van der Waals surface area contributed by atoms with Gasteiger partial charge >= 0.3 is 0 Å². The second kappa shape index (κ2) is 14.8. The van der Waals surface area contributed by atoms with Crippen molar-refractivity contribution >= 4 is 11.8 Å². The lowest BCUT2D eigenvalue weighted by molar-refractivity contribution is -0.126. The third-order valence-electron chi connectivity index (χ3n) is 6.93. The highest BCUT2D eigenvalue weighted by molar-refractivity contribution is 6.00. The molecular weight excluding hydrogens is 538 g/mol. The number of amides is 1. The van der Waals surface area contributed by atoms with E-state index in [0.717, 1.165) is 16.7 Å². The molecule has 0 spiro atoms. The van der Waals surface area contributed by atoms with Crippen LogP contribution in [0.25, 0.3) is 10.4 Å². The number of benzene rings is 3. The van der Waals surface area contributed by atoms with Gasteiger partial charge in [0, 0.05) is 36.5 Å². The van der Waals surface area contributed by atoms with Crippen molar-refractivity contribution in [1.82, 2.24) is 5.32 Å². The maximum absolute atomic E-state index is 13.9. The molecule has 1 aliphatic heterocycles. The first-order chi connectivity index (χ1) is 20.5. The summed E-state index contributed by atoms with van der Waals surface area (Å²) in [6.45, 7) is 1.02. The summed E-state index contributed by atoms with van der Waals surface area (Å²) in [6.07, 6.45) is 1.32. The van der Waals surface area contributed by atoms with Gasteiger partial charge in [-0.15, -0.1) is 0 Å². The largest absolute Gasteiger partial charge is 0.497 e. The van der Waals surface area contributed by atoms with Gasteiger partial charge in [-0.25, -0.2) is 4.99 Å². The lowest BCUT2D eigenvalue weighted by atomic mass is 9.89. The summed E-state index contributed by atoms with van der Waals surface area (Å²) in [5, 5.41) is 15.7. The van der Waals surface area contributed by atoms with Crippen LogP contribution in [0.1, 0.15) is 28.7 Å². The monoisotopic (exact) mass is 573 g/mol. The van der Waals surface area contributed by atoms with E-state index in [2.05, 4.69) is 15.3 Å². The number of rotatable bonds is 15. The number of hydrogen-bond acceptors (Lipinski definition) is 8. The zero-order valence-corrected chi connectivity index (χ0v) is 23.8. The van der Waals surface area contributed by atoms with Crippen molar-refractivity contribution in [1.29, 1.82) is 0 Å². The number of nitrogens with zero attached hydrogens (tertiary/aromatic N) is 4. The molecular formula is C31H35N5O6. The van der Waals surface area contributed by atoms with Crippen LogP contribution < -0.4 is 19.5 Å². The molecule has 4 rings (SSSR count). The smallest absolute Gasteiger partial charge is 0.251 e. The molecule has 1 aliphatic rings. The van der Waals surface area contributed by atoms with Crippen molar-refractivity contribution in [2.45, 2.75) is 31.3 Å². The summed E-state index contributed by atoms with van der Waals surface area (Å²) in [4.78, 5) is 21.6. The molecule has 0 aromatic heterocycles. The molecule has 0 aliphatic carbocycles. The Kier molecular flexibility index (Phi) is 10.6. The molecule has 1 atom stereocenters. The minimum atomic E-state index is -1.24. The van der Waals surface area contributed by atoms with Gasteiger partial charge in [0.2, 0.25) is 5.90 Å². The highest BCUT2D eigenvalue weighted by Gasteiger charge is 2.44. The number of aliphatic hydroxyl groups is 1. The van der Waals surface area contributed by atoms with E-state index in [0.29, 0.717) is 54.7 Å². The van der Waals surface area contributed by atoms with Crippen molar-refractivity contribution < 1.29 is 28.8 Å². The number of hydrogen-bond donors (Lipinski definition) is 2. The van der Waals surface area contributed by atoms with Gasteiger partial charge in [-0.1, -0.05) is 29.4 Å². The minimum Gasteiger partial charge on any atom is -0.497 e. The van der Waals surface area contributed by atoms with Crippen LogP contribution >= 0.6 is 0 Å². The molecule has 2 N–H and O–H groups in total. The Balaban J connectivity index is 1.58. The van der Waals surface area contributed by atoms with Crippen LogP contribution in [-0.4, -0.2) is 63.0 Å². The van der Waals surface area contributed by atoms with Crippen LogP contribution in [-0.2, 0) is 28.9 Å². The highest BCUT2D eigenvalue weighted by atomic mass is 16.5. The summed E-state index contributed by atoms with van der Waals surface area (Å²) in [5.41, 5.74) is 10.9. The second-order valence-corrected chi connectivity index (χ2v) is 9.71. The van der Waals surface area contributed by atoms with Gasteiger partial charge in [0.25, 0.3) is 5.91 Å². The summed E-state index contributed by atoms with van der Waals surface area (Å²) in [5.74, 6) is 2.15. The van der Waals surface area contributed by atoms with E-state index >= 15 is 0 Å². The van der Waals surface area contributed by atoms with E-state index in [1.807, 2.05) is 54.6 Å². The Morgan fingerprint density at radius 3 is 2.55 bits per heavy atom.